The first kappa shape index (κ1) is 23.9. The van der Waals surface area contributed by atoms with Crippen molar-refractivity contribution in [1.29, 1.82) is 0 Å². The molecular formula is C26H21F2N7O2. The maximum atomic E-state index is 13.8. The van der Waals surface area contributed by atoms with Crippen LogP contribution in [0, 0.1) is 11.6 Å². The van der Waals surface area contributed by atoms with E-state index in [1.54, 1.807) is 6.20 Å². The van der Waals surface area contributed by atoms with E-state index in [1.807, 2.05) is 24.3 Å². The van der Waals surface area contributed by atoms with Gasteiger partial charge in [-0.3, -0.25) is 9.59 Å². The van der Waals surface area contributed by atoms with E-state index in [1.165, 1.54) is 29.2 Å². The van der Waals surface area contributed by atoms with Gasteiger partial charge in [-0.1, -0.05) is 24.3 Å². The Hall–Kier alpha value is -4.80. The second kappa shape index (κ2) is 10.1. The molecule has 11 heteroatoms. The van der Waals surface area contributed by atoms with Crippen molar-refractivity contribution in [3.63, 3.8) is 0 Å². The Kier molecular flexibility index (Phi) is 6.50. The van der Waals surface area contributed by atoms with Gasteiger partial charge < -0.3 is 11.1 Å². The van der Waals surface area contributed by atoms with Crippen LogP contribution in [0.2, 0.25) is 0 Å². The lowest BCUT2D eigenvalue weighted by molar-refractivity contribution is -0.120. The number of aromatic nitrogens is 5. The lowest BCUT2D eigenvalue weighted by atomic mass is 9.96. The summed E-state index contributed by atoms with van der Waals surface area (Å²) in [5, 5.41) is 8.35. The van der Waals surface area contributed by atoms with Crippen molar-refractivity contribution in [2.24, 2.45) is 0 Å². The van der Waals surface area contributed by atoms with Gasteiger partial charge in [-0.25, -0.2) is 23.3 Å². The molecule has 3 heterocycles. The topological polar surface area (TPSA) is 128 Å². The number of nitrogens with two attached hydrogens (primary N) is 1. The number of carbonyl (C=O) groups is 2. The molecule has 3 aromatic heterocycles. The van der Waals surface area contributed by atoms with Crippen molar-refractivity contribution < 1.29 is 18.4 Å². The van der Waals surface area contributed by atoms with Crippen molar-refractivity contribution >= 4 is 34.1 Å². The number of amides is 1. The van der Waals surface area contributed by atoms with Crippen LogP contribution in [0.4, 0.5) is 14.6 Å². The van der Waals surface area contributed by atoms with E-state index in [-0.39, 0.29) is 30.1 Å². The molecule has 0 aliphatic heterocycles. The summed E-state index contributed by atoms with van der Waals surface area (Å²) in [6.07, 6.45) is 4.94. The number of nitrogen functional groups attached to an aromatic ring is 1. The van der Waals surface area contributed by atoms with Gasteiger partial charge in [0, 0.05) is 24.2 Å². The molecule has 37 heavy (non-hydrogen) atoms. The minimum absolute atomic E-state index is 0.0190. The average molecular weight is 501 g/mol. The number of Topliss-reactive ketones (excluding diaryl/α,β-unsaturated/α-hetero) is 1. The maximum absolute atomic E-state index is 13.8. The van der Waals surface area contributed by atoms with Gasteiger partial charge in [0.15, 0.2) is 17.4 Å². The van der Waals surface area contributed by atoms with E-state index in [9.17, 15) is 18.4 Å². The SMILES string of the molecule is Nc1nccc2cc(CCC(=O)[C@H](Cc3ccc(F)c(F)c3)NC(=O)c3ccn4ncnc4n3)ccc12. The monoisotopic (exact) mass is 501 g/mol. The Morgan fingerprint density at radius 3 is 2.68 bits per heavy atom. The summed E-state index contributed by atoms with van der Waals surface area (Å²) in [4.78, 5) is 38.4. The molecule has 2 aromatic carbocycles. The van der Waals surface area contributed by atoms with Gasteiger partial charge in [-0.2, -0.15) is 10.1 Å². The number of benzene rings is 2. The zero-order valence-corrected chi connectivity index (χ0v) is 19.4. The van der Waals surface area contributed by atoms with E-state index in [2.05, 4.69) is 25.4 Å². The summed E-state index contributed by atoms with van der Waals surface area (Å²) in [7, 11) is 0. The normalized spacial score (nSPS) is 12.1. The molecule has 0 saturated carbocycles. The van der Waals surface area contributed by atoms with Crippen LogP contribution in [0.3, 0.4) is 0 Å². The Bertz CT molecular complexity index is 1640. The highest BCUT2D eigenvalue weighted by molar-refractivity contribution is 5.97. The van der Waals surface area contributed by atoms with Gasteiger partial charge in [0.1, 0.15) is 17.8 Å². The molecule has 0 bridgehead atoms. The third-order valence-electron chi connectivity index (χ3n) is 6.02. The van der Waals surface area contributed by atoms with E-state index in [0.29, 0.717) is 17.8 Å². The number of anilines is 1. The van der Waals surface area contributed by atoms with E-state index < -0.39 is 23.6 Å². The molecular weight excluding hydrogens is 480 g/mol. The van der Waals surface area contributed by atoms with Crippen molar-refractivity contribution in [2.45, 2.75) is 25.3 Å². The molecule has 3 N–H and O–H groups in total. The van der Waals surface area contributed by atoms with Crippen LogP contribution in [-0.2, 0) is 17.6 Å². The quantitative estimate of drug-likeness (QED) is 0.334. The number of pyridine rings is 1. The first-order chi connectivity index (χ1) is 17.9. The number of fused-ring (bicyclic) bond motifs is 2. The Morgan fingerprint density at radius 2 is 1.84 bits per heavy atom. The predicted octanol–water partition coefficient (Wildman–Crippen LogP) is 3.08. The van der Waals surface area contributed by atoms with Gasteiger partial charge in [0.2, 0.25) is 0 Å². The van der Waals surface area contributed by atoms with Crippen LogP contribution in [0.5, 0.6) is 0 Å². The summed E-state index contributed by atoms with van der Waals surface area (Å²) in [6.45, 7) is 0. The van der Waals surface area contributed by atoms with Crippen LogP contribution in [-0.4, -0.2) is 42.3 Å². The number of aryl methyl sites for hydroxylation is 1. The molecule has 1 amide bonds. The Balaban J connectivity index is 1.35. The molecule has 186 valence electrons. The highest BCUT2D eigenvalue weighted by atomic mass is 19.2. The fourth-order valence-electron chi connectivity index (χ4n) is 4.07. The average Bonchev–Trinajstić information content (AvgIpc) is 3.37. The molecule has 1 atom stereocenters. The third kappa shape index (κ3) is 5.25. The summed E-state index contributed by atoms with van der Waals surface area (Å²) in [5.41, 5.74) is 7.23. The van der Waals surface area contributed by atoms with E-state index in [4.69, 9.17) is 5.73 Å². The number of halogens is 2. The van der Waals surface area contributed by atoms with E-state index >= 15 is 0 Å². The number of hydrogen-bond acceptors (Lipinski definition) is 7. The fraction of sp³-hybridized carbons (Fsp3) is 0.154. The van der Waals surface area contributed by atoms with Crippen molar-refractivity contribution in [3.8, 4) is 0 Å². The number of nitrogens with zero attached hydrogens (tertiary/aromatic N) is 5. The highest BCUT2D eigenvalue weighted by Gasteiger charge is 2.23. The molecule has 5 rings (SSSR count). The molecule has 0 aliphatic carbocycles. The molecule has 0 radical (unpaired) electrons. The van der Waals surface area contributed by atoms with Gasteiger partial charge in [0.25, 0.3) is 11.7 Å². The van der Waals surface area contributed by atoms with Crippen LogP contribution in [0.25, 0.3) is 16.6 Å². The summed E-state index contributed by atoms with van der Waals surface area (Å²) in [6, 6.07) is 11.3. The zero-order valence-electron chi connectivity index (χ0n) is 19.4. The summed E-state index contributed by atoms with van der Waals surface area (Å²) >= 11 is 0. The van der Waals surface area contributed by atoms with Crippen LogP contribution in [0.1, 0.15) is 28.0 Å². The first-order valence-electron chi connectivity index (χ1n) is 11.4. The lowest BCUT2D eigenvalue weighted by Gasteiger charge is -2.18. The number of nitrogens with one attached hydrogen (secondary N) is 1. The zero-order chi connectivity index (χ0) is 25.9. The standard InChI is InChI=1S/C26H21F2N7O2/c27-19-5-2-16(12-20(19)28)13-22(33-25(37)21-8-10-35-26(34-21)31-14-32-35)23(36)6-3-15-1-4-18-17(11-15)7-9-30-24(18)29/h1-2,4-5,7-12,14,22H,3,6,13H2,(H2,29,30)(H,33,37)/t22-/m0/s1. The number of hydrogen-bond donors (Lipinski definition) is 2. The van der Waals surface area contributed by atoms with Gasteiger partial charge in [-0.05, 0) is 53.6 Å². The highest BCUT2D eigenvalue weighted by Crippen LogP contribution is 2.21. The summed E-state index contributed by atoms with van der Waals surface area (Å²) in [5.74, 6) is -2.24. The fourth-order valence-corrected chi connectivity index (χ4v) is 4.07. The molecule has 0 saturated heterocycles. The lowest BCUT2D eigenvalue weighted by Crippen LogP contribution is -2.43. The third-order valence-corrected chi connectivity index (χ3v) is 6.02. The van der Waals surface area contributed by atoms with E-state index in [0.717, 1.165) is 28.5 Å². The minimum atomic E-state index is -1.03. The molecule has 0 spiro atoms. The second-order valence-electron chi connectivity index (χ2n) is 8.51. The smallest absolute Gasteiger partial charge is 0.270 e. The van der Waals surface area contributed by atoms with Gasteiger partial charge in [-0.15, -0.1) is 0 Å². The number of carbonyl (C=O) groups excluding carboxylic acids is 2. The predicted molar refractivity (Wildman–Crippen MR) is 132 cm³/mol. The van der Waals surface area contributed by atoms with Gasteiger partial charge >= 0.3 is 0 Å². The first-order valence-corrected chi connectivity index (χ1v) is 11.4. The molecule has 0 fully saturated rings. The largest absolute Gasteiger partial charge is 0.383 e. The van der Waals surface area contributed by atoms with Crippen molar-refractivity contribution in [3.05, 3.63) is 95.7 Å². The Morgan fingerprint density at radius 1 is 1.00 bits per heavy atom. The molecule has 9 nitrogen and oxygen atoms in total. The minimum Gasteiger partial charge on any atom is -0.383 e. The number of ketones is 1. The van der Waals surface area contributed by atoms with Crippen molar-refractivity contribution in [2.75, 3.05) is 5.73 Å². The number of rotatable bonds is 8. The van der Waals surface area contributed by atoms with Gasteiger partial charge in [0.05, 0.1) is 6.04 Å². The van der Waals surface area contributed by atoms with Crippen molar-refractivity contribution in [1.82, 2.24) is 29.9 Å². The second-order valence-corrected chi connectivity index (χ2v) is 8.51. The van der Waals surface area contributed by atoms with Crippen LogP contribution < -0.4 is 11.1 Å². The van der Waals surface area contributed by atoms with Crippen LogP contribution in [0.15, 0.2) is 67.3 Å². The molecule has 5 aromatic rings. The Labute approximate surface area is 209 Å². The molecule has 0 aliphatic rings. The van der Waals surface area contributed by atoms with Crippen LogP contribution >= 0.6 is 0 Å². The summed E-state index contributed by atoms with van der Waals surface area (Å²) < 4.78 is 28.6. The maximum Gasteiger partial charge on any atom is 0.270 e. The molecule has 0 unspecified atom stereocenters.